The molecule has 0 radical (unpaired) electrons. The third-order valence-corrected chi connectivity index (χ3v) is 5.28. The van der Waals surface area contributed by atoms with Crippen LogP contribution in [0.1, 0.15) is 5.69 Å². The predicted molar refractivity (Wildman–Crippen MR) is 90.6 cm³/mol. The van der Waals surface area contributed by atoms with Gasteiger partial charge in [0, 0.05) is 12.7 Å². The first-order valence-corrected chi connectivity index (χ1v) is 8.72. The number of anilines is 1. The van der Waals surface area contributed by atoms with Gasteiger partial charge in [0.05, 0.1) is 11.9 Å². The van der Waals surface area contributed by atoms with Crippen LogP contribution >= 0.6 is 0 Å². The number of hydrogen-bond acceptors (Lipinski definition) is 3. The summed E-state index contributed by atoms with van der Waals surface area (Å²) >= 11 is 0. The Morgan fingerprint density at radius 2 is 1.54 bits per heavy atom. The number of nitrogens with one attached hydrogen (secondary N) is 1. The van der Waals surface area contributed by atoms with Crippen molar-refractivity contribution in [1.29, 1.82) is 0 Å². The van der Waals surface area contributed by atoms with E-state index in [1.165, 1.54) is 23.0 Å². The van der Waals surface area contributed by atoms with Gasteiger partial charge in [0.15, 0.2) is 0 Å². The molecule has 1 N–H and O–H groups in total. The van der Waals surface area contributed by atoms with Crippen molar-refractivity contribution in [2.45, 2.75) is 11.8 Å². The molecule has 0 aliphatic rings. The van der Waals surface area contributed by atoms with Crippen LogP contribution in [0.15, 0.2) is 59.6 Å². The normalized spacial score (nSPS) is 11.5. The minimum atomic E-state index is -3.69. The van der Waals surface area contributed by atoms with E-state index in [2.05, 4.69) is 9.82 Å². The van der Waals surface area contributed by atoms with E-state index in [0.29, 0.717) is 11.4 Å². The van der Waals surface area contributed by atoms with Gasteiger partial charge >= 0.3 is 0 Å². The minimum absolute atomic E-state index is 0.146. The van der Waals surface area contributed by atoms with Gasteiger partial charge in [-0.3, -0.25) is 9.40 Å². The number of benzene rings is 2. The van der Waals surface area contributed by atoms with Gasteiger partial charge in [-0.2, -0.15) is 5.10 Å². The largest absolute Gasteiger partial charge is 0.280 e. The molecule has 3 aromatic rings. The molecule has 0 spiro atoms. The fourth-order valence-corrected chi connectivity index (χ4v) is 3.59. The Kier molecular flexibility index (Phi) is 4.11. The van der Waals surface area contributed by atoms with Crippen LogP contribution in [-0.2, 0) is 17.1 Å². The van der Waals surface area contributed by atoms with Gasteiger partial charge < -0.3 is 0 Å². The second-order valence-corrected chi connectivity index (χ2v) is 7.06. The molecule has 1 aromatic heterocycles. The summed E-state index contributed by atoms with van der Waals surface area (Å²) in [4.78, 5) is 0.146. The number of nitrogens with zero attached hydrogens (tertiary/aromatic N) is 2. The zero-order chi connectivity index (χ0) is 17.3. The SMILES string of the molecule is Cc1c(S(=O)(=O)Nc2ccc(-c3ccc(F)cc3)cc2)cnn1C. The number of aryl methyl sites for hydroxylation is 1. The van der Waals surface area contributed by atoms with Crippen molar-refractivity contribution in [3.05, 3.63) is 66.2 Å². The molecular formula is C17H16FN3O2S. The monoisotopic (exact) mass is 345 g/mol. The van der Waals surface area contributed by atoms with Crippen molar-refractivity contribution >= 4 is 15.7 Å². The van der Waals surface area contributed by atoms with Gasteiger partial charge in [0.2, 0.25) is 0 Å². The molecule has 0 aliphatic heterocycles. The molecule has 5 nitrogen and oxygen atoms in total. The Hall–Kier alpha value is -2.67. The zero-order valence-electron chi connectivity index (χ0n) is 13.2. The van der Waals surface area contributed by atoms with E-state index in [9.17, 15) is 12.8 Å². The van der Waals surface area contributed by atoms with Gasteiger partial charge in [-0.15, -0.1) is 0 Å². The molecule has 0 saturated carbocycles. The number of aromatic nitrogens is 2. The van der Waals surface area contributed by atoms with Crippen molar-refractivity contribution in [3.63, 3.8) is 0 Å². The van der Waals surface area contributed by atoms with Crippen LogP contribution in [0.2, 0.25) is 0 Å². The number of hydrogen-bond donors (Lipinski definition) is 1. The molecule has 24 heavy (non-hydrogen) atoms. The van der Waals surface area contributed by atoms with E-state index < -0.39 is 10.0 Å². The molecule has 2 aromatic carbocycles. The number of sulfonamides is 1. The maximum atomic E-state index is 13.0. The smallest absolute Gasteiger partial charge is 0.265 e. The fourth-order valence-electron chi connectivity index (χ4n) is 2.33. The summed E-state index contributed by atoms with van der Waals surface area (Å²) in [5.41, 5.74) is 2.74. The average Bonchev–Trinajstić information content (AvgIpc) is 2.89. The molecular weight excluding hydrogens is 329 g/mol. The van der Waals surface area contributed by atoms with Crippen LogP contribution in [0, 0.1) is 12.7 Å². The van der Waals surface area contributed by atoms with Crippen molar-refractivity contribution in [2.24, 2.45) is 7.05 Å². The highest BCUT2D eigenvalue weighted by molar-refractivity contribution is 7.92. The highest BCUT2D eigenvalue weighted by atomic mass is 32.2. The van der Waals surface area contributed by atoms with Gasteiger partial charge in [0.1, 0.15) is 10.7 Å². The molecule has 0 aliphatic carbocycles. The summed E-state index contributed by atoms with van der Waals surface area (Å²) in [5.74, 6) is -0.296. The Morgan fingerprint density at radius 1 is 1.00 bits per heavy atom. The standard InChI is InChI=1S/C17H16FN3O2S/c1-12-17(11-19-21(12)2)24(22,23)20-16-9-5-14(6-10-16)13-3-7-15(18)8-4-13/h3-11,20H,1-2H3. The molecule has 0 fully saturated rings. The van der Waals surface area contributed by atoms with Gasteiger partial charge in [-0.05, 0) is 42.3 Å². The van der Waals surface area contributed by atoms with Crippen molar-refractivity contribution in [1.82, 2.24) is 9.78 Å². The molecule has 0 unspecified atom stereocenters. The van der Waals surface area contributed by atoms with E-state index in [0.717, 1.165) is 11.1 Å². The summed E-state index contributed by atoms with van der Waals surface area (Å²) in [6, 6.07) is 13.0. The lowest BCUT2D eigenvalue weighted by atomic mass is 10.1. The molecule has 0 saturated heterocycles. The van der Waals surface area contributed by atoms with E-state index in [1.807, 2.05) is 0 Å². The summed E-state index contributed by atoms with van der Waals surface area (Å²) in [6.07, 6.45) is 1.32. The van der Waals surface area contributed by atoms with Crippen LogP contribution in [0.4, 0.5) is 10.1 Å². The lowest BCUT2D eigenvalue weighted by Crippen LogP contribution is -2.13. The first-order chi connectivity index (χ1) is 11.4. The summed E-state index contributed by atoms with van der Waals surface area (Å²) in [6.45, 7) is 1.69. The second-order valence-electron chi connectivity index (χ2n) is 5.41. The summed E-state index contributed by atoms with van der Waals surface area (Å²) < 4.78 is 41.8. The molecule has 7 heteroatoms. The highest BCUT2D eigenvalue weighted by Gasteiger charge is 2.20. The Bertz CT molecular complexity index is 962. The Balaban J connectivity index is 1.84. The summed E-state index contributed by atoms with van der Waals surface area (Å²) in [7, 11) is -2.00. The van der Waals surface area contributed by atoms with Crippen LogP contribution < -0.4 is 4.72 Å². The molecule has 124 valence electrons. The number of rotatable bonds is 4. The Morgan fingerprint density at radius 3 is 2.04 bits per heavy atom. The van der Waals surface area contributed by atoms with Gasteiger partial charge in [-0.1, -0.05) is 24.3 Å². The first-order valence-electron chi connectivity index (χ1n) is 7.24. The van der Waals surface area contributed by atoms with Crippen molar-refractivity contribution < 1.29 is 12.8 Å². The quantitative estimate of drug-likeness (QED) is 0.789. The fraction of sp³-hybridized carbons (Fsp3) is 0.118. The second kappa shape index (κ2) is 6.09. The lowest BCUT2D eigenvalue weighted by Gasteiger charge is -2.09. The molecule has 1 heterocycles. The topological polar surface area (TPSA) is 64.0 Å². The van der Waals surface area contributed by atoms with Crippen LogP contribution in [0.5, 0.6) is 0 Å². The van der Waals surface area contributed by atoms with Gasteiger partial charge in [0.25, 0.3) is 10.0 Å². The lowest BCUT2D eigenvalue weighted by molar-refractivity contribution is 0.600. The van der Waals surface area contributed by atoms with Gasteiger partial charge in [-0.25, -0.2) is 12.8 Å². The third kappa shape index (κ3) is 3.16. The first kappa shape index (κ1) is 16.2. The van der Waals surface area contributed by atoms with E-state index in [4.69, 9.17) is 0 Å². The zero-order valence-corrected chi connectivity index (χ0v) is 14.0. The average molecular weight is 345 g/mol. The maximum Gasteiger partial charge on any atom is 0.265 e. The molecule has 0 bridgehead atoms. The van der Waals surface area contributed by atoms with Crippen molar-refractivity contribution in [3.8, 4) is 11.1 Å². The van der Waals surface area contributed by atoms with Crippen LogP contribution in [0.3, 0.4) is 0 Å². The maximum absolute atomic E-state index is 13.0. The minimum Gasteiger partial charge on any atom is -0.280 e. The van der Waals surface area contributed by atoms with Crippen LogP contribution in [0.25, 0.3) is 11.1 Å². The van der Waals surface area contributed by atoms with Crippen LogP contribution in [-0.4, -0.2) is 18.2 Å². The van der Waals surface area contributed by atoms with Crippen molar-refractivity contribution in [2.75, 3.05) is 4.72 Å². The highest BCUT2D eigenvalue weighted by Crippen LogP contribution is 2.23. The Labute approximate surface area is 139 Å². The van der Waals surface area contributed by atoms with E-state index in [1.54, 1.807) is 50.4 Å². The predicted octanol–water partition coefficient (Wildman–Crippen LogP) is 3.34. The summed E-state index contributed by atoms with van der Waals surface area (Å²) in [5, 5.41) is 3.95. The third-order valence-electron chi connectivity index (χ3n) is 3.79. The van der Waals surface area contributed by atoms with E-state index in [-0.39, 0.29) is 10.7 Å². The van der Waals surface area contributed by atoms with E-state index >= 15 is 0 Å². The number of halogens is 1. The molecule has 0 atom stereocenters. The molecule has 3 rings (SSSR count). The molecule has 0 amide bonds.